The van der Waals surface area contributed by atoms with Crippen molar-refractivity contribution in [2.24, 2.45) is 5.92 Å². The van der Waals surface area contributed by atoms with Crippen molar-refractivity contribution in [3.63, 3.8) is 0 Å². The van der Waals surface area contributed by atoms with Crippen LogP contribution in [0.25, 0.3) is 0 Å². The van der Waals surface area contributed by atoms with E-state index in [4.69, 9.17) is 5.26 Å². The Morgan fingerprint density at radius 3 is 2.74 bits per heavy atom. The van der Waals surface area contributed by atoms with Crippen LogP contribution in [0.5, 0.6) is 0 Å². The van der Waals surface area contributed by atoms with Crippen LogP contribution in [0.15, 0.2) is 24.3 Å². The van der Waals surface area contributed by atoms with Crippen molar-refractivity contribution >= 4 is 5.91 Å². The van der Waals surface area contributed by atoms with Gasteiger partial charge in [0.2, 0.25) is 5.91 Å². The van der Waals surface area contributed by atoms with Crippen LogP contribution in [0, 0.1) is 17.2 Å². The second-order valence-corrected chi connectivity index (χ2v) is 5.40. The van der Waals surface area contributed by atoms with Gasteiger partial charge in [-0.25, -0.2) is 0 Å². The molecule has 2 rings (SSSR count). The Labute approximate surface area is 114 Å². The number of benzene rings is 1. The molecule has 1 heterocycles. The molecule has 1 aliphatic rings. The molecule has 100 valence electrons. The summed E-state index contributed by atoms with van der Waals surface area (Å²) in [6, 6.07) is 9.37. The van der Waals surface area contributed by atoms with Gasteiger partial charge in [0.15, 0.2) is 0 Å². The highest BCUT2D eigenvalue weighted by Crippen LogP contribution is 2.17. The van der Waals surface area contributed by atoms with E-state index < -0.39 is 0 Å². The maximum atomic E-state index is 12.2. The first-order valence-corrected chi connectivity index (χ1v) is 6.96. The molecule has 0 saturated carbocycles. The molecule has 0 spiro atoms. The predicted molar refractivity (Wildman–Crippen MR) is 74.5 cm³/mol. The summed E-state index contributed by atoms with van der Waals surface area (Å²) in [5.74, 6) is 0.937. The van der Waals surface area contributed by atoms with E-state index in [2.05, 4.69) is 13.0 Å². The van der Waals surface area contributed by atoms with Crippen molar-refractivity contribution < 1.29 is 4.79 Å². The molecule has 0 aliphatic carbocycles. The summed E-state index contributed by atoms with van der Waals surface area (Å²) >= 11 is 0. The molecule has 3 heteroatoms. The fourth-order valence-electron chi connectivity index (χ4n) is 2.50. The standard InChI is InChI=1S/C16H20N2O/c1-13-3-2-9-18(10-8-13)16(19)11-14-4-6-15(12-17)7-5-14/h4-7,13H,2-3,8-11H2,1H3. The number of rotatable bonds is 2. The Kier molecular flexibility index (Phi) is 4.57. The minimum absolute atomic E-state index is 0.207. The molecule has 0 bridgehead atoms. The first kappa shape index (κ1) is 13.6. The summed E-state index contributed by atoms with van der Waals surface area (Å²) in [4.78, 5) is 14.2. The van der Waals surface area contributed by atoms with E-state index in [0.717, 1.165) is 37.4 Å². The normalized spacial score (nSPS) is 19.6. The Balaban J connectivity index is 1.94. The fraction of sp³-hybridized carbons (Fsp3) is 0.500. The second kappa shape index (κ2) is 6.38. The summed E-state index contributed by atoms with van der Waals surface area (Å²) in [6.07, 6.45) is 3.89. The van der Waals surface area contributed by atoms with Crippen molar-refractivity contribution in [2.45, 2.75) is 32.6 Å². The monoisotopic (exact) mass is 256 g/mol. The second-order valence-electron chi connectivity index (χ2n) is 5.40. The van der Waals surface area contributed by atoms with Crippen molar-refractivity contribution in [1.29, 1.82) is 5.26 Å². The van der Waals surface area contributed by atoms with Crippen LogP contribution >= 0.6 is 0 Å². The number of carbonyl (C=O) groups excluding carboxylic acids is 1. The molecule has 1 aromatic carbocycles. The van der Waals surface area contributed by atoms with Crippen molar-refractivity contribution in [3.05, 3.63) is 35.4 Å². The summed E-state index contributed by atoms with van der Waals surface area (Å²) in [7, 11) is 0. The lowest BCUT2D eigenvalue weighted by molar-refractivity contribution is -0.130. The minimum atomic E-state index is 0.207. The minimum Gasteiger partial charge on any atom is -0.342 e. The maximum Gasteiger partial charge on any atom is 0.226 e. The maximum absolute atomic E-state index is 12.2. The largest absolute Gasteiger partial charge is 0.342 e. The zero-order chi connectivity index (χ0) is 13.7. The zero-order valence-electron chi connectivity index (χ0n) is 11.4. The lowest BCUT2D eigenvalue weighted by Gasteiger charge is -2.20. The van der Waals surface area contributed by atoms with Gasteiger partial charge in [0, 0.05) is 13.1 Å². The quantitative estimate of drug-likeness (QED) is 0.816. The zero-order valence-corrected chi connectivity index (χ0v) is 11.4. The van der Waals surface area contributed by atoms with Gasteiger partial charge >= 0.3 is 0 Å². The van der Waals surface area contributed by atoms with Crippen molar-refractivity contribution in [3.8, 4) is 6.07 Å². The van der Waals surface area contributed by atoms with Gasteiger partial charge in [-0.3, -0.25) is 4.79 Å². The summed E-state index contributed by atoms with van der Waals surface area (Å²) in [5, 5.41) is 8.75. The highest BCUT2D eigenvalue weighted by atomic mass is 16.2. The average Bonchev–Trinajstić information content (AvgIpc) is 2.64. The van der Waals surface area contributed by atoms with Gasteiger partial charge in [-0.1, -0.05) is 19.1 Å². The van der Waals surface area contributed by atoms with Crippen molar-refractivity contribution in [1.82, 2.24) is 4.90 Å². The SMILES string of the molecule is CC1CCCN(C(=O)Cc2ccc(C#N)cc2)CC1. The smallest absolute Gasteiger partial charge is 0.226 e. The van der Waals surface area contributed by atoms with E-state index in [1.54, 1.807) is 12.1 Å². The highest BCUT2D eigenvalue weighted by molar-refractivity contribution is 5.78. The van der Waals surface area contributed by atoms with Gasteiger partial charge < -0.3 is 4.90 Å². The molecule has 0 N–H and O–H groups in total. The molecule has 0 aromatic heterocycles. The Hall–Kier alpha value is -1.82. The predicted octanol–water partition coefficient (Wildman–Crippen LogP) is 2.75. The van der Waals surface area contributed by atoms with E-state index in [1.807, 2.05) is 17.0 Å². The lowest BCUT2D eigenvalue weighted by atomic mass is 10.0. The van der Waals surface area contributed by atoms with Crippen LogP contribution in [0.4, 0.5) is 0 Å². The molecule has 3 nitrogen and oxygen atoms in total. The van der Waals surface area contributed by atoms with Crippen LogP contribution in [-0.4, -0.2) is 23.9 Å². The Bertz CT molecular complexity index is 473. The van der Waals surface area contributed by atoms with E-state index in [0.29, 0.717) is 12.0 Å². The number of nitriles is 1. The number of carbonyl (C=O) groups is 1. The average molecular weight is 256 g/mol. The third kappa shape index (κ3) is 3.82. The molecule has 1 saturated heterocycles. The third-order valence-corrected chi connectivity index (χ3v) is 3.81. The molecule has 19 heavy (non-hydrogen) atoms. The summed E-state index contributed by atoms with van der Waals surface area (Å²) in [6.45, 7) is 4.03. The number of hydrogen-bond donors (Lipinski definition) is 0. The molecule has 1 amide bonds. The molecular weight excluding hydrogens is 236 g/mol. The number of hydrogen-bond acceptors (Lipinski definition) is 2. The summed E-state index contributed by atoms with van der Waals surface area (Å²) < 4.78 is 0. The number of amides is 1. The van der Waals surface area contributed by atoms with Gasteiger partial charge in [0.25, 0.3) is 0 Å². The lowest BCUT2D eigenvalue weighted by Crippen LogP contribution is -2.33. The van der Waals surface area contributed by atoms with Gasteiger partial charge in [-0.05, 0) is 42.9 Å². The molecule has 1 unspecified atom stereocenters. The van der Waals surface area contributed by atoms with Crippen LogP contribution < -0.4 is 0 Å². The molecular formula is C16H20N2O. The van der Waals surface area contributed by atoms with Gasteiger partial charge in [0.1, 0.15) is 0 Å². The van der Waals surface area contributed by atoms with Gasteiger partial charge in [-0.15, -0.1) is 0 Å². The third-order valence-electron chi connectivity index (χ3n) is 3.81. The van der Waals surface area contributed by atoms with Crippen LogP contribution in [-0.2, 0) is 11.2 Å². The van der Waals surface area contributed by atoms with Crippen LogP contribution in [0.1, 0.15) is 37.3 Å². The first-order valence-electron chi connectivity index (χ1n) is 6.96. The highest BCUT2D eigenvalue weighted by Gasteiger charge is 2.18. The van der Waals surface area contributed by atoms with Crippen LogP contribution in [0.2, 0.25) is 0 Å². The molecule has 1 aliphatic heterocycles. The van der Waals surface area contributed by atoms with E-state index in [1.165, 1.54) is 6.42 Å². The molecule has 1 aromatic rings. The number of likely N-dealkylation sites (tertiary alicyclic amines) is 1. The van der Waals surface area contributed by atoms with Crippen LogP contribution in [0.3, 0.4) is 0 Å². The first-order chi connectivity index (χ1) is 9.19. The van der Waals surface area contributed by atoms with E-state index >= 15 is 0 Å². The van der Waals surface area contributed by atoms with Gasteiger partial charge in [0.05, 0.1) is 18.1 Å². The van der Waals surface area contributed by atoms with E-state index in [-0.39, 0.29) is 5.91 Å². The Morgan fingerprint density at radius 1 is 1.32 bits per heavy atom. The molecule has 1 fully saturated rings. The van der Waals surface area contributed by atoms with Crippen molar-refractivity contribution in [2.75, 3.05) is 13.1 Å². The fourth-order valence-corrected chi connectivity index (χ4v) is 2.50. The summed E-state index contributed by atoms with van der Waals surface area (Å²) in [5.41, 5.74) is 1.63. The Morgan fingerprint density at radius 2 is 2.05 bits per heavy atom. The van der Waals surface area contributed by atoms with E-state index in [9.17, 15) is 4.79 Å². The molecule has 0 radical (unpaired) electrons. The topological polar surface area (TPSA) is 44.1 Å². The number of nitrogens with zero attached hydrogens (tertiary/aromatic N) is 2. The van der Waals surface area contributed by atoms with Gasteiger partial charge in [-0.2, -0.15) is 5.26 Å². The molecule has 1 atom stereocenters.